The standard InChI is InChI=1S/C27H31F2N3O3S/c1-35-19-4-7-25-21(15-19)20(8-10-31-25)24(30)6-2-17-9-11-32(16-22(17)27(33)34)12-13-36-26-14-18(28)3-5-23(26)29/h3-5,7-8,10,14-15,17,22,24H,2,6,9,11-13,16,30H2,1H3,(H,33,34)/t17-,22+,24-/m1/s1. The second-order valence-corrected chi connectivity index (χ2v) is 10.3. The third-order valence-corrected chi connectivity index (χ3v) is 7.96. The monoisotopic (exact) mass is 515 g/mol. The van der Waals surface area contributed by atoms with Gasteiger partial charge in [0.2, 0.25) is 0 Å². The van der Waals surface area contributed by atoms with Crippen molar-refractivity contribution >= 4 is 28.6 Å². The fourth-order valence-electron chi connectivity index (χ4n) is 4.91. The number of fused-ring (bicyclic) bond motifs is 1. The van der Waals surface area contributed by atoms with Gasteiger partial charge >= 0.3 is 5.97 Å². The molecule has 3 N–H and O–H groups in total. The highest BCUT2D eigenvalue weighted by Gasteiger charge is 2.34. The first-order valence-corrected chi connectivity index (χ1v) is 13.1. The van der Waals surface area contributed by atoms with E-state index in [1.165, 1.54) is 17.8 Å². The van der Waals surface area contributed by atoms with Gasteiger partial charge in [0.15, 0.2) is 0 Å². The summed E-state index contributed by atoms with van der Waals surface area (Å²) in [6, 6.07) is 10.8. The zero-order valence-corrected chi connectivity index (χ0v) is 21.0. The van der Waals surface area contributed by atoms with E-state index in [0.717, 1.165) is 47.3 Å². The summed E-state index contributed by atoms with van der Waals surface area (Å²) in [5, 5.41) is 10.8. The van der Waals surface area contributed by atoms with Crippen molar-refractivity contribution in [1.82, 2.24) is 9.88 Å². The van der Waals surface area contributed by atoms with Crippen LogP contribution in [-0.2, 0) is 4.79 Å². The summed E-state index contributed by atoms with van der Waals surface area (Å²) in [5.74, 6) is -0.886. The SMILES string of the molecule is COc1ccc2nccc([C@H](N)CC[C@@H]3CCN(CCSc4cc(F)ccc4F)C[C@@H]3C(=O)O)c2c1. The molecule has 0 spiro atoms. The number of carboxylic acids is 1. The Balaban J connectivity index is 1.33. The lowest BCUT2D eigenvalue weighted by atomic mass is 9.81. The number of carboxylic acid groups (broad SMARTS) is 1. The molecule has 0 amide bonds. The van der Waals surface area contributed by atoms with Gasteiger partial charge in [-0.15, -0.1) is 11.8 Å². The van der Waals surface area contributed by atoms with Crippen molar-refractivity contribution in [2.45, 2.75) is 30.2 Å². The first kappa shape index (κ1) is 26.3. The minimum atomic E-state index is -0.804. The number of piperidine rings is 1. The number of halogens is 2. The third-order valence-electron chi connectivity index (χ3n) is 6.95. The minimum absolute atomic E-state index is 0.0285. The van der Waals surface area contributed by atoms with Crippen LogP contribution in [0.1, 0.15) is 30.9 Å². The molecule has 1 fully saturated rings. The van der Waals surface area contributed by atoms with Crippen LogP contribution in [0.2, 0.25) is 0 Å². The average Bonchev–Trinajstić information content (AvgIpc) is 2.88. The number of aliphatic carboxylic acids is 1. The number of ether oxygens (including phenoxy) is 1. The molecule has 0 bridgehead atoms. The molecule has 192 valence electrons. The zero-order chi connectivity index (χ0) is 25.7. The number of carbonyl (C=O) groups is 1. The quantitative estimate of drug-likeness (QED) is 0.363. The number of likely N-dealkylation sites (tertiary alicyclic amines) is 1. The maximum atomic E-state index is 13.9. The molecule has 0 saturated carbocycles. The van der Waals surface area contributed by atoms with E-state index < -0.39 is 23.5 Å². The van der Waals surface area contributed by atoms with Gasteiger partial charge in [-0.3, -0.25) is 9.78 Å². The van der Waals surface area contributed by atoms with E-state index in [0.29, 0.717) is 31.7 Å². The van der Waals surface area contributed by atoms with Crippen molar-refractivity contribution in [1.29, 1.82) is 0 Å². The van der Waals surface area contributed by atoms with Crippen LogP contribution in [0, 0.1) is 23.5 Å². The topological polar surface area (TPSA) is 88.7 Å². The van der Waals surface area contributed by atoms with Crippen LogP contribution in [0.5, 0.6) is 5.75 Å². The van der Waals surface area contributed by atoms with Gasteiger partial charge in [-0.05, 0) is 79.8 Å². The van der Waals surface area contributed by atoms with Gasteiger partial charge in [0.1, 0.15) is 17.4 Å². The predicted octanol–water partition coefficient (Wildman–Crippen LogP) is 5.12. The van der Waals surface area contributed by atoms with Gasteiger partial charge < -0.3 is 20.5 Å². The lowest BCUT2D eigenvalue weighted by Gasteiger charge is -2.37. The molecule has 9 heteroatoms. The summed E-state index contributed by atoms with van der Waals surface area (Å²) >= 11 is 1.25. The number of benzene rings is 2. The number of thioether (sulfide) groups is 1. The Morgan fingerprint density at radius 1 is 1.28 bits per heavy atom. The smallest absolute Gasteiger partial charge is 0.308 e. The number of hydrogen-bond acceptors (Lipinski definition) is 6. The van der Waals surface area contributed by atoms with Crippen molar-refractivity contribution in [3.63, 3.8) is 0 Å². The second-order valence-electron chi connectivity index (χ2n) is 9.18. The van der Waals surface area contributed by atoms with Crippen LogP contribution < -0.4 is 10.5 Å². The molecule has 1 aliphatic rings. The largest absolute Gasteiger partial charge is 0.497 e. The maximum Gasteiger partial charge on any atom is 0.308 e. The highest BCUT2D eigenvalue weighted by Crippen LogP contribution is 2.33. The molecule has 0 unspecified atom stereocenters. The number of aromatic nitrogens is 1. The highest BCUT2D eigenvalue weighted by atomic mass is 32.2. The molecular formula is C27H31F2N3O3S. The van der Waals surface area contributed by atoms with E-state index in [2.05, 4.69) is 9.88 Å². The van der Waals surface area contributed by atoms with Gasteiger partial charge in [0.25, 0.3) is 0 Å². The van der Waals surface area contributed by atoms with E-state index in [1.807, 2.05) is 24.3 Å². The van der Waals surface area contributed by atoms with Gasteiger partial charge in [-0.2, -0.15) is 0 Å². The summed E-state index contributed by atoms with van der Waals surface area (Å²) in [7, 11) is 1.62. The molecule has 36 heavy (non-hydrogen) atoms. The molecule has 1 aromatic heterocycles. The summed E-state index contributed by atoms with van der Waals surface area (Å²) in [4.78, 5) is 18.9. The zero-order valence-electron chi connectivity index (χ0n) is 20.2. The number of methoxy groups -OCH3 is 1. The molecule has 3 aromatic rings. The summed E-state index contributed by atoms with van der Waals surface area (Å²) in [6.45, 7) is 1.82. The molecule has 2 heterocycles. The van der Waals surface area contributed by atoms with Crippen molar-refractivity contribution in [2.24, 2.45) is 17.6 Å². The Hall–Kier alpha value is -2.75. The average molecular weight is 516 g/mol. The van der Waals surface area contributed by atoms with Crippen LogP contribution in [0.25, 0.3) is 10.9 Å². The molecular weight excluding hydrogens is 484 g/mol. The molecule has 1 aliphatic heterocycles. The van der Waals surface area contributed by atoms with Crippen LogP contribution >= 0.6 is 11.8 Å². The second kappa shape index (κ2) is 12.0. The fourth-order valence-corrected chi connectivity index (χ4v) is 5.89. The Morgan fingerprint density at radius 2 is 2.11 bits per heavy atom. The molecule has 1 saturated heterocycles. The highest BCUT2D eigenvalue weighted by molar-refractivity contribution is 7.99. The fraction of sp³-hybridized carbons (Fsp3) is 0.407. The molecule has 2 aromatic carbocycles. The summed E-state index contributed by atoms with van der Waals surface area (Å²) in [5.41, 5.74) is 8.40. The van der Waals surface area contributed by atoms with Gasteiger partial charge in [-0.25, -0.2) is 8.78 Å². The Labute approximate surface area is 213 Å². The molecule has 6 nitrogen and oxygen atoms in total. The maximum absolute atomic E-state index is 13.9. The lowest BCUT2D eigenvalue weighted by molar-refractivity contribution is -0.146. The number of nitrogens with two attached hydrogens (primary N) is 1. The van der Waals surface area contributed by atoms with Crippen LogP contribution in [0.3, 0.4) is 0 Å². The number of rotatable bonds is 10. The van der Waals surface area contributed by atoms with Gasteiger partial charge in [0.05, 0.1) is 18.5 Å². The number of pyridine rings is 1. The first-order chi connectivity index (χ1) is 17.4. The number of nitrogens with zero attached hydrogens (tertiary/aromatic N) is 2. The summed E-state index contributed by atoms with van der Waals surface area (Å²) in [6.07, 6.45) is 3.88. The van der Waals surface area contributed by atoms with Crippen LogP contribution in [0.15, 0.2) is 53.6 Å². The first-order valence-electron chi connectivity index (χ1n) is 12.1. The molecule has 4 rings (SSSR count). The van der Waals surface area contributed by atoms with E-state index in [-0.39, 0.29) is 16.9 Å². The van der Waals surface area contributed by atoms with Crippen LogP contribution in [0.4, 0.5) is 8.78 Å². The van der Waals surface area contributed by atoms with Crippen LogP contribution in [-0.4, -0.2) is 53.5 Å². The van der Waals surface area contributed by atoms with E-state index in [4.69, 9.17) is 10.5 Å². The van der Waals surface area contributed by atoms with Crippen molar-refractivity contribution < 1.29 is 23.4 Å². The predicted molar refractivity (Wildman–Crippen MR) is 137 cm³/mol. The Kier molecular flexibility index (Phi) is 8.77. The lowest BCUT2D eigenvalue weighted by Crippen LogP contribution is -2.44. The summed E-state index contributed by atoms with van der Waals surface area (Å²) < 4.78 is 32.6. The van der Waals surface area contributed by atoms with E-state index in [1.54, 1.807) is 13.3 Å². The van der Waals surface area contributed by atoms with Gasteiger partial charge in [0, 0.05) is 41.4 Å². The van der Waals surface area contributed by atoms with Crippen molar-refractivity contribution in [2.75, 3.05) is 32.5 Å². The van der Waals surface area contributed by atoms with E-state index in [9.17, 15) is 18.7 Å². The van der Waals surface area contributed by atoms with Crippen molar-refractivity contribution in [3.05, 3.63) is 65.9 Å². The molecule has 0 radical (unpaired) electrons. The third kappa shape index (κ3) is 6.32. The minimum Gasteiger partial charge on any atom is -0.497 e. The Bertz CT molecular complexity index is 1210. The van der Waals surface area contributed by atoms with Crippen molar-refractivity contribution in [3.8, 4) is 5.75 Å². The normalized spacial score (nSPS) is 19.3. The van der Waals surface area contributed by atoms with E-state index >= 15 is 0 Å². The number of hydrogen-bond donors (Lipinski definition) is 2. The molecule has 0 aliphatic carbocycles. The Morgan fingerprint density at radius 3 is 2.89 bits per heavy atom. The molecule has 3 atom stereocenters. The van der Waals surface area contributed by atoms with Gasteiger partial charge in [-0.1, -0.05) is 0 Å².